The van der Waals surface area contributed by atoms with E-state index in [4.69, 9.17) is 14.2 Å². The highest BCUT2D eigenvalue weighted by molar-refractivity contribution is 5.71. The summed E-state index contributed by atoms with van der Waals surface area (Å²) in [5, 5.41) is 0. The molecule has 0 aliphatic heterocycles. The van der Waals surface area contributed by atoms with Crippen LogP contribution in [0.2, 0.25) is 0 Å². The molecule has 0 aromatic heterocycles. The smallest absolute Gasteiger partial charge is 0.306 e. The lowest BCUT2D eigenvalue weighted by atomic mass is 10.1. The largest absolute Gasteiger partial charge is 0.462 e. The predicted octanol–water partition coefficient (Wildman–Crippen LogP) is 16.6. The van der Waals surface area contributed by atoms with Crippen molar-refractivity contribution in [2.45, 2.75) is 181 Å². The van der Waals surface area contributed by atoms with Gasteiger partial charge in [0.1, 0.15) is 13.2 Å². The monoisotopic (exact) mass is 893 g/mol. The third-order valence-corrected chi connectivity index (χ3v) is 9.69. The summed E-state index contributed by atoms with van der Waals surface area (Å²) in [6.45, 7) is 6.21. The van der Waals surface area contributed by atoms with E-state index >= 15 is 0 Å². The second-order valence-electron chi connectivity index (χ2n) is 15.8. The molecule has 65 heavy (non-hydrogen) atoms. The van der Waals surface area contributed by atoms with Gasteiger partial charge in [-0.1, -0.05) is 217 Å². The Hall–Kier alpha value is -4.97. The van der Waals surface area contributed by atoms with E-state index in [1.807, 2.05) is 72.9 Å². The minimum absolute atomic E-state index is 0.128. The molecule has 0 rings (SSSR count). The first-order valence-corrected chi connectivity index (χ1v) is 25.1. The first-order valence-electron chi connectivity index (χ1n) is 25.1. The number of carbonyl (C=O) groups is 3. The topological polar surface area (TPSA) is 78.9 Å². The fourth-order valence-corrected chi connectivity index (χ4v) is 5.97. The summed E-state index contributed by atoms with van der Waals surface area (Å²) in [6, 6.07) is 0. The Balaban J connectivity index is 4.62. The molecule has 0 radical (unpaired) electrons. The zero-order valence-electron chi connectivity index (χ0n) is 40.9. The molecule has 0 fully saturated rings. The Labute approximate surface area is 397 Å². The normalized spacial score (nSPS) is 13.5. The molecule has 360 valence electrons. The van der Waals surface area contributed by atoms with Crippen LogP contribution in [0.3, 0.4) is 0 Å². The van der Waals surface area contributed by atoms with Crippen LogP contribution in [0.15, 0.2) is 158 Å². The number of allylic oxidation sites excluding steroid dienone is 26. The van der Waals surface area contributed by atoms with Gasteiger partial charge >= 0.3 is 17.9 Å². The van der Waals surface area contributed by atoms with Crippen LogP contribution in [-0.2, 0) is 28.6 Å². The molecule has 0 bridgehead atoms. The molecule has 0 heterocycles. The molecular weight excluding hydrogens is 805 g/mol. The molecule has 0 aromatic rings. The van der Waals surface area contributed by atoms with E-state index in [2.05, 4.69) is 106 Å². The zero-order valence-corrected chi connectivity index (χ0v) is 40.9. The van der Waals surface area contributed by atoms with Gasteiger partial charge in [-0.15, -0.1) is 0 Å². The van der Waals surface area contributed by atoms with Crippen LogP contribution in [0.1, 0.15) is 175 Å². The van der Waals surface area contributed by atoms with Gasteiger partial charge in [-0.05, 0) is 96.3 Å². The number of carbonyl (C=O) groups excluding carboxylic acids is 3. The van der Waals surface area contributed by atoms with Crippen LogP contribution in [0, 0.1) is 0 Å². The highest BCUT2D eigenvalue weighted by atomic mass is 16.6. The minimum Gasteiger partial charge on any atom is -0.462 e. The summed E-state index contributed by atoms with van der Waals surface area (Å²) >= 11 is 0. The highest BCUT2D eigenvalue weighted by Gasteiger charge is 2.19. The number of ether oxygens (including phenoxy) is 3. The molecule has 0 saturated heterocycles. The van der Waals surface area contributed by atoms with Crippen molar-refractivity contribution in [3.8, 4) is 0 Å². The summed E-state index contributed by atoms with van der Waals surface area (Å²) in [6.07, 6.45) is 75.1. The lowest BCUT2D eigenvalue weighted by Gasteiger charge is -2.18. The molecule has 0 saturated carbocycles. The molecule has 0 aliphatic rings. The van der Waals surface area contributed by atoms with Crippen molar-refractivity contribution in [2.75, 3.05) is 13.2 Å². The highest BCUT2D eigenvalue weighted by Crippen LogP contribution is 2.11. The Morgan fingerprint density at radius 3 is 1.20 bits per heavy atom. The van der Waals surface area contributed by atoms with Crippen molar-refractivity contribution in [2.24, 2.45) is 0 Å². The molecule has 0 spiro atoms. The Bertz CT molecular complexity index is 1540. The van der Waals surface area contributed by atoms with E-state index in [-0.39, 0.29) is 38.0 Å². The second kappa shape index (κ2) is 51.7. The fraction of sp³-hybridized carbons (Fsp3) is 0.508. The molecule has 1 unspecified atom stereocenters. The first-order chi connectivity index (χ1) is 32.0. The summed E-state index contributed by atoms with van der Waals surface area (Å²) in [5.41, 5.74) is 0. The minimum atomic E-state index is -0.837. The van der Waals surface area contributed by atoms with Crippen LogP contribution in [0.5, 0.6) is 0 Å². The summed E-state index contributed by atoms with van der Waals surface area (Å²) in [5.74, 6) is -1.06. The van der Waals surface area contributed by atoms with Gasteiger partial charge in [-0.25, -0.2) is 0 Å². The lowest BCUT2D eigenvalue weighted by Crippen LogP contribution is -2.30. The number of hydrogen-bond acceptors (Lipinski definition) is 6. The molecule has 0 aliphatic carbocycles. The van der Waals surface area contributed by atoms with Gasteiger partial charge in [0, 0.05) is 19.3 Å². The third kappa shape index (κ3) is 49.9. The Kier molecular flexibility index (Phi) is 47.7. The molecule has 6 nitrogen and oxygen atoms in total. The Morgan fingerprint density at radius 2 is 0.692 bits per heavy atom. The van der Waals surface area contributed by atoms with Gasteiger partial charge in [0.25, 0.3) is 0 Å². The standard InChI is InChI=1S/C59H88O6/c1-4-7-10-13-16-19-22-24-26-28-29-31-32-34-37-40-43-46-49-52-58(61)64-55-56(54-63-57(60)51-48-45-42-39-36-21-18-15-12-9-6-3)65-59(62)53-50-47-44-41-38-35-33-30-27-25-23-20-17-14-11-8-5-2/h7-8,10-11,13,15-20,22,24-29,31-35,37,41,44,56H,4-6,9,12,14,21,23,30,36,38-40,42-43,45-55H2,1-3H3/b10-7-,11-8-,16-13-,18-15-,20-17-,22-19-,26-24-,27-25-,29-28+,32-31-,35-33-,37-34-,44-41-. The van der Waals surface area contributed by atoms with Gasteiger partial charge in [-0.3, -0.25) is 14.4 Å². The van der Waals surface area contributed by atoms with Crippen molar-refractivity contribution < 1.29 is 28.6 Å². The van der Waals surface area contributed by atoms with E-state index in [0.717, 1.165) is 103 Å². The fourth-order valence-electron chi connectivity index (χ4n) is 5.97. The van der Waals surface area contributed by atoms with Crippen molar-refractivity contribution in [3.05, 3.63) is 158 Å². The SMILES string of the molecule is CC\C=C/C=C\C=C/C=C\C=C\C=C/C=C\CCCCCC(=O)OCC(COC(=O)CCCCCCC/C=C\CCCC)OC(=O)CCC/C=C\C/C=C\C/C=C\C/C=C\C/C=C\CC. The van der Waals surface area contributed by atoms with E-state index in [1.54, 1.807) is 0 Å². The maximum absolute atomic E-state index is 12.8. The molecular formula is C59H88O6. The van der Waals surface area contributed by atoms with E-state index in [0.29, 0.717) is 19.3 Å². The maximum atomic E-state index is 12.8. The second-order valence-corrected chi connectivity index (χ2v) is 15.8. The van der Waals surface area contributed by atoms with Crippen LogP contribution in [0.25, 0.3) is 0 Å². The molecule has 1 atom stereocenters. The zero-order chi connectivity index (χ0) is 47.2. The lowest BCUT2D eigenvalue weighted by molar-refractivity contribution is -0.167. The number of unbranched alkanes of at least 4 members (excludes halogenated alkanes) is 11. The summed E-state index contributed by atoms with van der Waals surface area (Å²) < 4.78 is 16.7. The average molecular weight is 893 g/mol. The van der Waals surface area contributed by atoms with Gasteiger partial charge in [0.15, 0.2) is 6.10 Å². The van der Waals surface area contributed by atoms with Crippen LogP contribution in [-0.4, -0.2) is 37.2 Å². The summed E-state index contributed by atoms with van der Waals surface area (Å²) in [7, 11) is 0. The molecule has 0 aromatic carbocycles. The maximum Gasteiger partial charge on any atom is 0.306 e. The van der Waals surface area contributed by atoms with Gasteiger partial charge < -0.3 is 14.2 Å². The van der Waals surface area contributed by atoms with Crippen LogP contribution < -0.4 is 0 Å². The quantitative estimate of drug-likeness (QED) is 0.0200. The molecule has 0 N–H and O–H groups in total. The number of rotatable bonds is 42. The average Bonchev–Trinajstić information content (AvgIpc) is 3.30. The van der Waals surface area contributed by atoms with Crippen molar-refractivity contribution in [1.82, 2.24) is 0 Å². The van der Waals surface area contributed by atoms with E-state index in [9.17, 15) is 14.4 Å². The van der Waals surface area contributed by atoms with Crippen LogP contribution in [0.4, 0.5) is 0 Å². The number of hydrogen-bond donors (Lipinski definition) is 0. The van der Waals surface area contributed by atoms with Gasteiger partial charge in [0.2, 0.25) is 0 Å². The van der Waals surface area contributed by atoms with Crippen molar-refractivity contribution >= 4 is 17.9 Å². The molecule has 6 heteroatoms. The van der Waals surface area contributed by atoms with E-state index < -0.39 is 12.1 Å². The van der Waals surface area contributed by atoms with E-state index in [1.165, 1.54) is 19.3 Å². The number of esters is 3. The first kappa shape index (κ1) is 60.0. The summed E-state index contributed by atoms with van der Waals surface area (Å²) in [4.78, 5) is 37.9. The third-order valence-electron chi connectivity index (χ3n) is 9.69. The van der Waals surface area contributed by atoms with Gasteiger partial charge in [-0.2, -0.15) is 0 Å². The van der Waals surface area contributed by atoms with Crippen molar-refractivity contribution in [1.29, 1.82) is 0 Å². The van der Waals surface area contributed by atoms with Crippen LogP contribution >= 0.6 is 0 Å². The Morgan fingerprint density at radius 1 is 0.338 bits per heavy atom. The molecule has 0 amide bonds. The van der Waals surface area contributed by atoms with Gasteiger partial charge in [0.05, 0.1) is 0 Å². The predicted molar refractivity (Wildman–Crippen MR) is 278 cm³/mol. The van der Waals surface area contributed by atoms with Crippen molar-refractivity contribution in [3.63, 3.8) is 0 Å².